The van der Waals surface area contributed by atoms with Gasteiger partial charge in [0.25, 0.3) is 0 Å². The molecule has 0 aliphatic rings. The summed E-state index contributed by atoms with van der Waals surface area (Å²) in [7, 11) is 0.243. The summed E-state index contributed by atoms with van der Waals surface area (Å²) in [5.74, 6) is -0.944. The molecule has 0 saturated heterocycles. The van der Waals surface area contributed by atoms with E-state index in [1.165, 1.54) is 26.0 Å². The first-order valence-electron chi connectivity index (χ1n) is 11.1. The highest BCUT2D eigenvalue weighted by Gasteiger charge is 2.34. The molecule has 0 heterocycles. The number of aryl methyl sites for hydroxylation is 2. The Labute approximate surface area is 218 Å². The summed E-state index contributed by atoms with van der Waals surface area (Å²) >= 11 is 12.7. The molecule has 0 fully saturated rings. The second-order valence-corrected chi connectivity index (χ2v) is 11.2. The minimum atomic E-state index is -4.04. The number of hydrogen-bond donors (Lipinski definition) is 1. The minimum absolute atomic E-state index is 0.0636. The molecule has 11 heteroatoms. The molecule has 2 aromatic rings. The van der Waals surface area contributed by atoms with Crippen LogP contribution in [0.25, 0.3) is 0 Å². The number of anilines is 1. The van der Waals surface area contributed by atoms with Gasteiger partial charge in [0.2, 0.25) is 11.8 Å². The SMILES string of the molecule is CC[C@H](C(=O)NC)N(Cc1c(Cl)cccc1Cl)C(=O)CN(c1cc(C)ccc1C)S(=O)(=O)N(C)C. The molecule has 0 unspecified atom stereocenters. The molecule has 8 nitrogen and oxygen atoms in total. The van der Waals surface area contributed by atoms with E-state index in [1.807, 2.05) is 13.0 Å². The molecular formula is C24H32Cl2N4O4S. The average Bonchev–Trinajstić information content (AvgIpc) is 2.80. The highest BCUT2D eigenvalue weighted by molar-refractivity contribution is 7.90. The average molecular weight is 544 g/mol. The Hall–Kier alpha value is -2.33. The van der Waals surface area contributed by atoms with Crippen LogP contribution in [0.5, 0.6) is 0 Å². The van der Waals surface area contributed by atoms with Crippen LogP contribution in [0.2, 0.25) is 10.0 Å². The van der Waals surface area contributed by atoms with Crippen molar-refractivity contribution in [2.24, 2.45) is 0 Å². The van der Waals surface area contributed by atoms with Crippen molar-refractivity contribution in [1.82, 2.24) is 14.5 Å². The number of halogens is 2. The lowest BCUT2D eigenvalue weighted by Crippen LogP contribution is -2.53. The van der Waals surface area contributed by atoms with E-state index in [1.54, 1.807) is 44.2 Å². The van der Waals surface area contributed by atoms with E-state index in [0.717, 1.165) is 14.2 Å². The second kappa shape index (κ2) is 12.1. The van der Waals surface area contributed by atoms with E-state index in [0.29, 0.717) is 33.3 Å². The number of carbonyl (C=O) groups excluding carboxylic acids is 2. The van der Waals surface area contributed by atoms with Gasteiger partial charge in [-0.25, -0.2) is 4.31 Å². The predicted octanol–water partition coefficient (Wildman–Crippen LogP) is 3.78. The first-order valence-corrected chi connectivity index (χ1v) is 13.2. The van der Waals surface area contributed by atoms with Gasteiger partial charge in [-0.15, -0.1) is 0 Å². The van der Waals surface area contributed by atoms with Gasteiger partial charge in [-0.2, -0.15) is 12.7 Å². The van der Waals surface area contributed by atoms with Crippen molar-refractivity contribution in [3.05, 3.63) is 63.1 Å². The Morgan fingerprint density at radius 1 is 1.06 bits per heavy atom. The van der Waals surface area contributed by atoms with E-state index in [4.69, 9.17) is 23.2 Å². The zero-order valence-electron chi connectivity index (χ0n) is 20.8. The molecular weight excluding hydrogens is 511 g/mol. The Kier molecular flexibility index (Phi) is 9.97. The quantitative estimate of drug-likeness (QED) is 0.494. The number of carbonyl (C=O) groups is 2. The maximum Gasteiger partial charge on any atom is 0.304 e. The largest absolute Gasteiger partial charge is 0.357 e. The van der Waals surface area contributed by atoms with Crippen molar-refractivity contribution in [3.8, 4) is 0 Å². The first kappa shape index (κ1) is 28.9. The van der Waals surface area contributed by atoms with Crippen molar-refractivity contribution in [2.45, 2.75) is 39.8 Å². The number of benzene rings is 2. The van der Waals surface area contributed by atoms with E-state index >= 15 is 0 Å². The van der Waals surface area contributed by atoms with E-state index in [9.17, 15) is 18.0 Å². The van der Waals surface area contributed by atoms with Crippen molar-refractivity contribution < 1.29 is 18.0 Å². The monoisotopic (exact) mass is 542 g/mol. The predicted molar refractivity (Wildman–Crippen MR) is 141 cm³/mol. The number of hydrogen-bond acceptors (Lipinski definition) is 4. The molecule has 0 aromatic heterocycles. The lowest BCUT2D eigenvalue weighted by molar-refractivity contribution is -0.140. The molecule has 0 aliphatic carbocycles. The summed E-state index contributed by atoms with van der Waals surface area (Å²) in [5, 5.41) is 3.26. The highest BCUT2D eigenvalue weighted by atomic mass is 35.5. The summed E-state index contributed by atoms with van der Waals surface area (Å²) in [6.07, 6.45) is 0.303. The topological polar surface area (TPSA) is 90.0 Å². The van der Waals surface area contributed by atoms with Gasteiger partial charge in [0.1, 0.15) is 12.6 Å². The fourth-order valence-electron chi connectivity index (χ4n) is 3.63. The van der Waals surface area contributed by atoms with Crippen LogP contribution in [0, 0.1) is 13.8 Å². The van der Waals surface area contributed by atoms with Gasteiger partial charge in [0.15, 0.2) is 0 Å². The lowest BCUT2D eigenvalue weighted by atomic mass is 10.1. The van der Waals surface area contributed by atoms with Crippen LogP contribution in [0.3, 0.4) is 0 Å². The summed E-state index contributed by atoms with van der Waals surface area (Å²) in [6, 6.07) is 9.50. The molecule has 0 spiro atoms. The van der Waals surface area contributed by atoms with Crippen LogP contribution in [0.1, 0.15) is 30.0 Å². The van der Waals surface area contributed by atoms with Crippen LogP contribution in [-0.4, -0.2) is 63.2 Å². The minimum Gasteiger partial charge on any atom is -0.357 e. The number of rotatable bonds is 10. The standard InChI is InChI=1S/C24H32Cl2N4O4S/c1-7-21(24(32)27-4)29(14-18-19(25)9-8-10-20(18)26)23(31)15-30(35(33,34)28(5)6)22-13-16(2)11-12-17(22)3/h8-13,21H,7,14-15H2,1-6H3,(H,27,32)/t21-/m1/s1. The van der Waals surface area contributed by atoms with Gasteiger partial charge in [-0.1, -0.05) is 48.3 Å². The number of nitrogens with zero attached hydrogens (tertiary/aromatic N) is 3. The first-order chi connectivity index (χ1) is 16.3. The van der Waals surface area contributed by atoms with Gasteiger partial charge in [-0.3, -0.25) is 9.59 Å². The molecule has 2 rings (SSSR count). The molecule has 2 amide bonds. The maximum absolute atomic E-state index is 13.8. The third-order valence-electron chi connectivity index (χ3n) is 5.67. The van der Waals surface area contributed by atoms with Gasteiger partial charge in [0, 0.05) is 43.3 Å². The molecule has 35 heavy (non-hydrogen) atoms. The molecule has 2 aromatic carbocycles. The Bertz CT molecular complexity index is 1170. The molecule has 0 bridgehead atoms. The number of amides is 2. The Morgan fingerprint density at radius 3 is 2.17 bits per heavy atom. The van der Waals surface area contributed by atoms with Crippen molar-refractivity contribution in [1.29, 1.82) is 0 Å². The van der Waals surface area contributed by atoms with Gasteiger partial charge < -0.3 is 10.2 Å². The number of likely N-dealkylation sites (N-methyl/N-ethyl adjacent to an activating group) is 1. The maximum atomic E-state index is 13.8. The Morgan fingerprint density at radius 2 is 1.66 bits per heavy atom. The van der Waals surface area contributed by atoms with E-state index in [-0.39, 0.29) is 12.5 Å². The van der Waals surface area contributed by atoms with Crippen LogP contribution in [0.15, 0.2) is 36.4 Å². The molecule has 192 valence electrons. The van der Waals surface area contributed by atoms with Crippen molar-refractivity contribution >= 4 is 50.9 Å². The fraction of sp³-hybridized carbons (Fsp3) is 0.417. The molecule has 0 radical (unpaired) electrons. The summed E-state index contributed by atoms with van der Waals surface area (Å²) < 4.78 is 28.7. The molecule has 1 N–H and O–H groups in total. The summed E-state index contributed by atoms with van der Waals surface area (Å²) in [4.78, 5) is 27.8. The zero-order chi connectivity index (χ0) is 26.5. The van der Waals surface area contributed by atoms with Gasteiger partial charge in [-0.05, 0) is 49.6 Å². The smallest absolute Gasteiger partial charge is 0.304 e. The fourth-order valence-corrected chi connectivity index (χ4v) is 5.26. The zero-order valence-corrected chi connectivity index (χ0v) is 23.1. The van der Waals surface area contributed by atoms with Crippen LogP contribution < -0.4 is 9.62 Å². The highest BCUT2D eigenvalue weighted by Crippen LogP contribution is 2.29. The summed E-state index contributed by atoms with van der Waals surface area (Å²) in [6.45, 7) is 4.81. The summed E-state index contributed by atoms with van der Waals surface area (Å²) in [5.41, 5.74) is 2.39. The van der Waals surface area contributed by atoms with Crippen LogP contribution >= 0.6 is 23.2 Å². The lowest BCUT2D eigenvalue weighted by Gasteiger charge is -2.34. The van der Waals surface area contributed by atoms with Crippen molar-refractivity contribution in [2.75, 3.05) is 32.0 Å². The molecule has 1 atom stereocenters. The van der Waals surface area contributed by atoms with Crippen LogP contribution in [-0.2, 0) is 26.3 Å². The van der Waals surface area contributed by atoms with Gasteiger partial charge >= 0.3 is 10.2 Å². The third kappa shape index (κ3) is 6.67. The van der Waals surface area contributed by atoms with E-state index in [2.05, 4.69) is 5.32 Å². The van der Waals surface area contributed by atoms with Crippen LogP contribution in [0.4, 0.5) is 5.69 Å². The normalized spacial score (nSPS) is 12.4. The molecule has 0 aliphatic heterocycles. The third-order valence-corrected chi connectivity index (χ3v) is 8.19. The molecule has 0 saturated carbocycles. The van der Waals surface area contributed by atoms with Gasteiger partial charge in [0.05, 0.1) is 5.69 Å². The van der Waals surface area contributed by atoms with E-state index < -0.39 is 28.7 Å². The number of nitrogens with one attached hydrogen (secondary N) is 1. The second-order valence-electron chi connectivity index (χ2n) is 8.35. The Balaban J connectivity index is 2.60. The van der Waals surface area contributed by atoms with Crippen molar-refractivity contribution in [3.63, 3.8) is 0 Å².